The summed E-state index contributed by atoms with van der Waals surface area (Å²) >= 11 is 0. The highest BCUT2D eigenvalue weighted by atomic mass is 16.3. The number of oxazole rings is 1. The molecule has 22 heavy (non-hydrogen) atoms. The van der Waals surface area contributed by atoms with E-state index in [1.807, 2.05) is 24.3 Å². The first-order valence-corrected chi connectivity index (χ1v) is 7.12. The summed E-state index contributed by atoms with van der Waals surface area (Å²) in [7, 11) is 3.24. The standard InChI is InChI=1S/C15H20N4O3/c1-19(2)15(21)17-10-13(20)16-9-5-8-14-18-11-6-3-4-7-12(11)22-14/h3-4,6-7H,5,8-10H2,1-2H3,(H,16,20)(H,17,21). The summed E-state index contributed by atoms with van der Waals surface area (Å²) in [6.07, 6.45) is 1.37. The first-order valence-electron chi connectivity index (χ1n) is 7.12. The third-order valence-corrected chi connectivity index (χ3v) is 3.03. The maximum absolute atomic E-state index is 11.5. The van der Waals surface area contributed by atoms with E-state index in [9.17, 15) is 9.59 Å². The fourth-order valence-corrected chi connectivity index (χ4v) is 1.87. The monoisotopic (exact) mass is 304 g/mol. The molecule has 1 aromatic heterocycles. The van der Waals surface area contributed by atoms with Gasteiger partial charge in [-0.1, -0.05) is 12.1 Å². The van der Waals surface area contributed by atoms with Crippen LogP contribution in [0.2, 0.25) is 0 Å². The lowest BCUT2D eigenvalue weighted by atomic mass is 10.3. The number of urea groups is 1. The van der Waals surface area contributed by atoms with E-state index >= 15 is 0 Å². The third kappa shape index (κ3) is 4.47. The van der Waals surface area contributed by atoms with E-state index in [0.29, 0.717) is 18.9 Å². The molecule has 0 aliphatic carbocycles. The molecule has 3 amide bonds. The van der Waals surface area contributed by atoms with Crippen LogP contribution in [0, 0.1) is 0 Å². The maximum Gasteiger partial charge on any atom is 0.317 e. The molecule has 7 heteroatoms. The third-order valence-electron chi connectivity index (χ3n) is 3.03. The Balaban J connectivity index is 1.66. The number of nitrogens with zero attached hydrogens (tertiary/aromatic N) is 2. The number of carbonyl (C=O) groups is 2. The van der Waals surface area contributed by atoms with Gasteiger partial charge in [-0.2, -0.15) is 0 Å². The van der Waals surface area contributed by atoms with Crippen molar-refractivity contribution in [1.82, 2.24) is 20.5 Å². The number of aryl methyl sites for hydroxylation is 1. The summed E-state index contributed by atoms with van der Waals surface area (Å²) in [4.78, 5) is 28.5. The largest absolute Gasteiger partial charge is 0.441 e. The molecule has 1 heterocycles. The quantitative estimate of drug-likeness (QED) is 0.784. The van der Waals surface area contributed by atoms with Gasteiger partial charge in [-0.3, -0.25) is 4.79 Å². The smallest absolute Gasteiger partial charge is 0.317 e. The number of carbonyl (C=O) groups excluding carboxylic acids is 2. The van der Waals surface area contributed by atoms with Crippen molar-refractivity contribution in [2.75, 3.05) is 27.2 Å². The first kappa shape index (κ1) is 15.8. The Labute approximate surface area is 128 Å². The molecule has 7 nitrogen and oxygen atoms in total. The van der Waals surface area contributed by atoms with Gasteiger partial charge in [0.25, 0.3) is 0 Å². The average Bonchev–Trinajstić information content (AvgIpc) is 2.91. The van der Waals surface area contributed by atoms with Crippen molar-refractivity contribution in [2.45, 2.75) is 12.8 Å². The molecule has 118 valence electrons. The minimum absolute atomic E-state index is 0.0279. The lowest BCUT2D eigenvalue weighted by Gasteiger charge is -2.11. The fourth-order valence-electron chi connectivity index (χ4n) is 1.87. The van der Waals surface area contributed by atoms with Crippen LogP contribution in [0.4, 0.5) is 4.79 Å². The van der Waals surface area contributed by atoms with Crippen molar-refractivity contribution in [3.05, 3.63) is 30.2 Å². The molecule has 2 rings (SSSR count). The average molecular weight is 304 g/mol. The molecule has 0 atom stereocenters. The zero-order chi connectivity index (χ0) is 15.9. The van der Waals surface area contributed by atoms with E-state index in [-0.39, 0.29) is 18.5 Å². The van der Waals surface area contributed by atoms with Crippen LogP contribution in [0.25, 0.3) is 11.1 Å². The van der Waals surface area contributed by atoms with Crippen LogP contribution < -0.4 is 10.6 Å². The van der Waals surface area contributed by atoms with E-state index in [1.54, 1.807) is 14.1 Å². The molecule has 0 aliphatic rings. The van der Waals surface area contributed by atoms with Gasteiger partial charge in [-0.05, 0) is 18.6 Å². The highest BCUT2D eigenvalue weighted by molar-refractivity contribution is 5.83. The van der Waals surface area contributed by atoms with Gasteiger partial charge in [0.1, 0.15) is 5.52 Å². The molecule has 0 spiro atoms. The first-order chi connectivity index (χ1) is 10.6. The lowest BCUT2D eigenvalue weighted by molar-refractivity contribution is -0.120. The van der Waals surface area contributed by atoms with Crippen LogP contribution in [0.15, 0.2) is 28.7 Å². The predicted octanol–water partition coefficient (Wildman–Crippen LogP) is 1.15. The number of hydrogen-bond donors (Lipinski definition) is 2. The van der Waals surface area contributed by atoms with Crippen LogP contribution in [-0.2, 0) is 11.2 Å². The molecule has 2 aromatic rings. The number of nitrogens with one attached hydrogen (secondary N) is 2. The molecule has 0 fully saturated rings. The molecule has 0 saturated heterocycles. The Kier molecular flexibility index (Phi) is 5.35. The molecule has 2 N–H and O–H groups in total. The Morgan fingerprint density at radius 2 is 2.00 bits per heavy atom. The highest BCUT2D eigenvalue weighted by Gasteiger charge is 2.07. The fraction of sp³-hybridized carbons (Fsp3) is 0.400. The van der Waals surface area contributed by atoms with E-state index in [0.717, 1.165) is 17.5 Å². The van der Waals surface area contributed by atoms with Crippen LogP contribution in [-0.4, -0.2) is 49.0 Å². The van der Waals surface area contributed by atoms with Crippen molar-refractivity contribution < 1.29 is 14.0 Å². The second kappa shape index (κ2) is 7.44. The van der Waals surface area contributed by atoms with Crippen molar-refractivity contribution in [2.24, 2.45) is 0 Å². The van der Waals surface area contributed by atoms with Crippen LogP contribution in [0.1, 0.15) is 12.3 Å². The summed E-state index contributed by atoms with van der Waals surface area (Å²) in [5.41, 5.74) is 1.61. The molecular formula is C15H20N4O3. The molecular weight excluding hydrogens is 284 g/mol. The molecule has 0 unspecified atom stereocenters. The topological polar surface area (TPSA) is 87.5 Å². The van der Waals surface area contributed by atoms with Gasteiger partial charge in [0.2, 0.25) is 5.91 Å². The molecule has 0 bridgehead atoms. The normalized spacial score (nSPS) is 10.5. The summed E-state index contributed by atoms with van der Waals surface area (Å²) in [6, 6.07) is 7.30. The maximum atomic E-state index is 11.5. The number of benzene rings is 1. The van der Waals surface area contributed by atoms with Gasteiger partial charge in [-0.25, -0.2) is 9.78 Å². The van der Waals surface area contributed by atoms with Gasteiger partial charge >= 0.3 is 6.03 Å². The van der Waals surface area contributed by atoms with Crippen molar-refractivity contribution in [3.8, 4) is 0 Å². The summed E-state index contributed by atoms with van der Waals surface area (Å²) in [5.74, 6) is 0.448. The number of hydrogen-bond acceptors (Lipinski definition) is 4. The number of para-hydroxylation sites is 2. The molecule has 0 radical (unpaired) electrons. The summed E-state index contributed by atoms with van der Waals surface area (Å²) in [6.45, 7) is 0.481. The highest BCUT2D eigenvalue weighted by Crippen LogP contribution is 2.15. The Hall–Kier alpha value is -2.57. The van der Waals surface area contributed by atoms with E-state index in [1.165, 1.54) is 4.90 Å². The van der Waals surface area contributed by atoms with Crippen LogP contribution in [0.3, 0.4) is 0 Å². The van der Waals surface area contributed by atoms with E-state index in [4.69, 9.17) is 4.42 Å². The summed E-state index contributed by atoms with van der Waals surface area (Å²) < 4.78 is 5.59. The molecule has 0 aliphatic heterocycles. The van der Waals surface area contributed by atoms with Crippen molar-refractivity contribution >= 4 is 23.0 Å². The van der Waals surface area contributed by atoms with Crippen LogP contribution in [0.5, 0.6) is 0 Å². The zero-order valence-corrected chi connectivity index (χ0v) is 12.8. The lowest BCUT2D eigenvalue weighted by Crippen LogP contribution is -2.41. The second-order valence-electron chi connectivity index (χ2n) is 5.08. The number of fused-ring (bicyclic) bond motifs is 1. The predicted molar refractivity (Wildman–Crippen MR) is 82.4 cm³/mol. The summed E-state index contributed by atoms with van der Waals surface area (Å²) in [5, 5.41) is 5.24. The van der Waals surface area contributed by atoms with Gasteiger partial charge < -0.3 is 20.0 Å². The van der Waals surface area contributed by atoms with Gasteiger partial charge in [0.05, 0.1) is 6.54 Å². The minimum atomic E-state index is -0.290. The van der Waals surface area contributed by atoms with Gasteiger partial charge in [0.15, 0.2) is 11.5 Å². The zero-order valence-electron chi connectivity index (χ0n) is 12.8. The van der Waals surface area contributed by atoms with E-state index < -0.39 is 0 Å². The number of rotatable bonds is 6. The molecule has 0 saturated carbocycles. The van der Waals surface area contributed by atoms with Gasteiger partial charge in [0, 0.05) is 27.1 Å². The number of aromatic nitrogens is 1. The van der Waals surface area contributed by atoms with Crippen molar-refractivity contribution in [3.63, 3.8) is 0 Å². The number of amides is 3. The Morgan fingerprint density at radius 3 is 2.73 bits per heavy atom. The van der Waals surface area contributed by atoms with Gasteiger partial charge in [-0.15, -0.1) is 0 Å². The van der Waals surface area contributed by atoms with E-state index in [2.05, 4.69) is 15.6 Å². The Bertz CT molecular complexity index is 618. The van der Waals surface area contributed by atoms with Crippen molar-refractivity contribution in [1.29, 1.82) is 0 Å². The minimum Gasteiger partial charge on any atom is -0.441 e. The van der Waals surface area contributed by atoms with Crippen LogP contribution >= 0.6 is 0 Å². The second-order valence-corrected chi connectivity index (χ2v) is 5.08. The Morgan fingerprint density at radius 1 is 1.23 bits per heavy atom. The SMILES string of the molecule is CN(C)C(=O)NCC(=O)NCCCc1nc2ccccc2o1. The molecule has 1 aromatic carbocycles.